The smallest absolute Gasteiger partial charge is 0.0925 e. The molecule has 1 N–H and O–H groups in total. The molecule has 0 saturated heterocycles. The third-order valence-corrected chi connectivity index (χ3v) is 4.53. The first-order valence-corrected chi connectivity index (χ1v) is 7.66. The fourth-order valence-electron chi connectivity index (χ4n) is 2.18. The molecule has 0 fully saturated rings. The quantitative estimate of drug-likeness (QED) is 0.885. The largest absolute Gasteiger partial charge is 0.305 e. The molecule has 0 radical (unpaired) electrons. The number of hydrogen-bond acceptors (Lipinski definition) is 3. The molecule has 0 saturated carbocycles. The van der Waals surface area contributed by atoms with Crippen LogP contribution in [0.2, 0.25) is 0 Å². The second kappa shape index (κ2) is 6.31. The Labute approximate surface area is 119 Å². The number of benzene rings is 1. The molecule has 1 heterocycles. The van der Waals surface area contributed by atoms with Crippen molar-refractivity contribution in [3.05, 3.63) is 51.0 Å². The summed E-state index contributed by atoms with van der Waals surface area (Å²) in [6.07, 6.45) is 3.02. The molecule has 2 nitrogen and oxygen atoms in total. The van der Waals surface area contributed by atoms with Crippen LogP contribution in [-0.4, -0.2) is 4.98 Å². The van der Waals surface area contributed by atoms with Gasteiger partial charge in [0.25, 0.3) is 0 Å². The van der Waals surface area contributed by atoms with E-state index in [0.29, 0.717) is 6.04 Å². The van der Waals surface area contributed by atoms with Crippen LogP contribution in [0.3, 0.4) is 0 Å². The van der Waals surface area contributed by atoms with Crippen LogP contribution in [0, 0.1) is 13.8 Å². The maximum atomic E-state index is 4.40. The SMILES string of the molecule is CCc1ncc(CNC(C)c2cc(C)ccc2C)s1. The maximum absolute atomic E-state index is 4.40. The van der Waals surface area contributed by atoms with Gasteiger partial charge in [-0.05, 0) is 38.3 Å². The first-order chi connectivity index (χ1) is 9.10. The lowest BCUT2D eigenvalue weighted by Crippen LogP contribution is -2.18. The number of nitrogens with zero attached hydrogens (tertiary/aromatic N) is 1. The van der Waals surface area contributed by atoms with Gasteiger partial charge in [-0.3, -0.25) is 0 Å². The van der Waals surface area contributed by atoms with Crippen molar-refractivity contribution >= 4 is 11.3 Å². The van der Waals surface area contributed by atoms with Crippen molar-refractivity contribution in [3.8, 4) is 0 Å². The van der Waals surface area contributed by atoms with E-state index in [2.05, 4.69) is 56.2 Å². The molecule has 19 heavy (non-hydrogen) atoms. The fourth-order valence-corrected chi connectivity index (χ4v) is 3.00. The molecule has 2 aromatic rings. The summed E-state index contributed by atoms with van der Waals surface area (Å²) in [5.74, 6) is 0. The van der Waals surface area contributed by atoms with Gasteiger partial charge in [-0.1, -0.05) is 30.7 Å². The summed E-state index contributed by atoms with van der Waals surface area (Å²) in [7, 11) is 0. The zero-order valence-electron chi connectivity index (χ0n) is 12.2. The number of nitrogens with one attached hydrogen (secondary N) is 1. The molecule has 3 heteroatoms. The number of rotatable bonds is 5. The van der Waals surface area contributed by atoms with E-state index < -0.39 is 0 Å². The van der Waals surface area contributed by atoms with Gasteiger partial charge in [0.1, 0.15) is 0 Å². The Bertz CT molecular complexity index is 545. The topological polar surface area (TPSA) is 24.9 Å². The van der Waals surface area contributed by atoms with E-state index in [-0.39, 0.29) is 0 Å². The van der Waals surface area contributed by atoms with Crippen LogP contribution in [0.4, 0.5) is 0 Å². The Morgan fingerprint density at radius 1 is 1.32 bits per heavy atom. The van der Waals surface area contributed by atoms with E-state index in [4.69, 9.17) is 0 Å². The van der Waals surface area contributed by atoms with Crippen LogP contribution in [0.15, 0.2) is 24.4 Å². The van der Waals surface area contributed by atoms with Crippen molar-refractivity contribution in [2.24, 2.45) is 0 Å². The Kier molecular flexibility index (Phi) is 4.72. The summed E-state index contributed by atoms with van der Waals surface area (Å²) < 4.78 is 0. The highest BCUT2D eigenvalue weighted by Crippen LogP contribution is 2.20. The predicted octanol–water partition coefficient (Wildman–Crippen LogP) is 4.17. The first kappa shape index (κ1) is 14.2. The summed E-state index contributed by atoms with van der Waals surface area (Å²) in [5, 5.41) is 4.81. The third kappa shape index (κ3) is 3.64. The first-order valence-electron chi connectivity index (χ1n) is 6.84. The van der Waals surface area contributed by atoms with Gasteiger partial charge in [0.2, 0.25) is 0 Å². The summed E-state index contributed by atoms with van der Waals surface area (Å²) in [5.41, 5.74) is 4.06. The molecule has 1 unspecified atom stereocenters. The lowest BCUT2D eigenvalue weighted by molar-refractivity contribution is 0.575. The van der Waals surface area contributed by atoms with Crippen LogP contribution in [0.25, 0.3) is 0 Å². The Balaban J connectivity index is 2.00. The molecular weight excluding hydrogens is 252 g/mol. The van der Waals surface area contributed by atoms with Crippen LogP contribution in [0.5, 0.6) is 0 Å². The number of hydrogen-bond donors (Lipinski definition) is 1. The van der Waals surface area contributed by atoms with E-state index in [0.717, 1.165) is 13.0 Å². The molecule has 2 rings (SSSR count). The highest BCUT2D eigenvalue weighted by molar-refractivity contribution is 7.11. The summed E-state index contributed by atoms with van der Waals surface area (Å²) in [6.45, 7) is 9.59. The summed E-state index contributed by atoms with van der Waals surface area (Å²) in [4.78, 5) is 5.71. The summed E-state index contributed by atoms with van der Waals surface area (Å²) in [6, 6.07) is 7.01. The normalized spacial score (nSPS) is 12.6. The number of thiazole rings is 1. The molecule has 0 aliphatic carbocycles. The van der Waals surface area contributed by atoms with E-state index in [1.165, 1.54) is 26.6 Å². The standard InChI is InChI=1S/C16H22N2S/c1-5-16-18-10-14(19-16)9-17-13(4)15-8-11(2)6-7-12(15)3/h6-8,10,13,17H,5,9H2,1-4H3. The second-order valence-corrected chi connectivity index (χ2v) is 6.24. The highest BCUT2D eigenvalue weighted by Gasteiger charge is 2.09. The maximum Gasteiger partial charge on any atom is 0.0925 e. The van der Waals surface area contributed by atoms with Crippen LogP contribution < -0.4 is 5.32 Å². The molecule has 0 aliphatic heterocycles. The van der Waals surface area contributed by atoms with E-state index in [9.17, 15) is 0 Å². The number of aryl methyl sites for hydroxylation is 3. The average molecular weight is 274 g/mol. The van der Waals surface area contributed by atoms with Crippen LogP contribution >= 0.6 is 11.3 Å². The monoisotopic (exact) mass is 274 g/mol. The van der Waals surface area contributed by atoms with Crippen LogP contribution in [0.1, 0.15) is 46.5 Å². The van der Waals surface area contributed by atoms with Crippen molar-refractivity contribution in [1.29, 1.82) is 0 Å². The minimum Gasteiger partial charge on any atom is -0.305 e. The Morgan fingerprint density at radius 3 is 2.79 bits per heavy atom. The van der Waals surface area contributed by atoms with Gasteiger partial charge in [0.15, 0.2) is 0 Å². The van der Waals surface area contributed by atoms with Gasteiger partial charge in [0, 0.05) is 23.7 Å². The molecule has 102 valence electrons. The minimum absolute atomic E-state index is 0.368. The van der Waals surface area contributed by atoms with Crippen molar-refractivity contribution in [2.45, 2.75) is 46.7 Å². The van der Waals surface area contributed by atoms with Gasteiger partial charge >= 0.3 is 0 Å². The van der Waals surface area contributed by atoms with Crippen molar-refractivity contribution in [2.75, 3.05) is 0 Å². The van der Waals surface area contributed by atoms with Gasteiger partial charge in [-0.25, -0.2) is 4.98 Å². The zero-order chi connectivity index (χ0) is 13.8. The Morgan fingerprint density at radius 2 is 2.11 bits per heavy atom. The van der Waals surface area contributed by atoms with Gasteiger partial charge in [0.05, 0.1) is 5.01 Å². The molecule has 0 bridgehead atoms. The second-order valence-electron chi connectivity index (χ2n) is 5.04. The minimum atomic E-state index is 0.368. The van der Waals surface area contributed by atoms with E-state index in [1.54, 1.807) is 11.3 Å². The van der Waals surface area contributed by atoms with Gasteiger partial charge < -0.3 is 5.32 Å². The molecule has 1 atom stereocenters. The van der Waals surface area contributed by atoms with Crippen LogP contribution in [-0.2, 0) is 13.0 Å². The lowest BCUT2D eigenvalue weighted by atomic mass is 10.00. The predicted molar refractivity (Wildman–Crippen MR) is 82.7 cm³/mol. The number of aromatic nitrogens is 1. The highest BCUT2D eigenvalue weighted by atomic mass is 32.1. The summed E-state index contributed by atoms with van der Waals surface area (Å²) >= 11 is 1.80. The molecule has 1 aromatic carbocycles. The van der Waals surface area contributed by atoms with E-state index >= 15 is 0 Å². The molecule has 0 aliphatic rings. The van der Waals surface area contributed by atoms with Crippen molar-refractivity contribution in [3.63, 3.8) is 0 Å². The lowest BCUT2D eigenvalue weighted by Gasteiger charge is -2.16. The van der Waals surface area contributed by atoms with E-state index in [1.807, 2.05) is 6.20 Å². The molecule has 1 aromatic heterocycles. The molecule has 0 spiro atoms. The molecular formula is C16H22N2S. The third-order valence-electron chi connectivity index (χ3n) is 3.39. The van der Waals surface area contributed by atoms with Gasteiger partial charge in [-0.15, -0.1) is 11.3 Å². The van der Waals surface area contributed by atoms with Gasteiger partial charge in [-0.2, -0.15) is 0 Å². The fraction of sp³-hybridized carbons (Fsp3) is 0.438. The molecule has 0 amide bonds. The van der Waals surface area contributed by atoms with Crippen molar-refractivity contribution in [1.82, 2.24) is 10.3 Å². The zero-order valence-corrected chi connectivity index (χ0v) is 13.0. The van der Waals surface area contributed by atoms with Crippen molar-refractivity contribution < 1.29 is 0 Å². The Hall–Kier alpha value is -1.19. The average Bonchev–Trinajstić information content (AvgIpc) is 2.87.